The molecule has 0 bridgehead atoms. The monoisotopic (exact) mass is 355 g/mol. The van der Waals surface area contributed by atoms with Crippen molar-refractivity contribution in [2.24, 2.45) is 0 Å². The number of furan rings is 1. The number of hydrogen-bond acceptors (Lipinski definition) is 4. The van der Waals surface area contributed by atoms with E-state index < -0.39 is 17.4 Å². The first-order valence-corrected chi connectivity index (χ1v) is 8.68. The van der Waals surface area contributed by atoms with E-state index >= 15 is 0 Å². The molecule has 6 nitrogen and oxygen atoms in total. The van der Waals surface area contributed by atoms with E-state index in [0.717, 1.165) is 24.8 Å². The van der Waals surface area contributed by atoms with E-state index in [4.69, 9.17) is 4.42 Å². The highest BCUT2D eigenvalue weighted by Crippen LogP contribution is 2.29. The van der Waals surface area contributed by atoms with Crippen LogP contribution in [0.1, 0.15) is 59.9 Å². The average Bonchev–Trinajstić information content (AvgIpc) is 3.13. The molecule has 0 radical (unpaired) electrons. The number of aliphatic carboxylic acids is 1. The zero-order valence-electron chi connectivity index (χ0n) is 14.6. The van der Waals surface area contributed by atoms with Crippen LogP contribution in [0.15, 0.2) is 40.8 Å². The first-order valence-electron chi connectivity index (χ1n) is 8.68. The van der Waals surface area contributed by atoms with Crippen LogP contribution in [-0.4, -0.2) is 28.3 Å². The average molecular weight is 355 g/mol. The van der Waals surface area contributed by atoms with E-state index in [1.54, 1.807) is 30.3 Å². The molecule has 2 N–H and O–H groups in total. The van der Waals surface area contributed by atoms with Gasteiger partial charge in [-0.1, -0.05) is 43.5 Å². The number of rotatable bonds is 5. The smallest absolute Gasteiger partial charge is 0.329 e. The second kappa shape index (κ2) is 7.15. The number of carbonyl (C=O) groups excluding carboxylic acids is 2. The van der Waals surface area contributed by atoms with Crippen molar-refractivity contribution in [3.8, 4) is 11.3 Å². The van der Waals surface area contributed by atoms with Gasteiger partial charge in [0, 0.05) is 11.1 Å². The number of carboxylic acids is 1. The van der Waals surface area contributed by atoms with Gasteiger partial charge in [0.1, 0.15) is 11.3 Å². The lowest BCUT2D eigenvalue weighted by Crippen LogP contribution is -2.55. The van der Waals surface area contributed by atoms with E-state index in [0.29, 0.717) is 24.2 Å². The summed E-state index contributed by atoms with van der Waals surface area (Å²) in [5.74, 6) is -0.999. The lowest BCUT2D eigenvalue weighted by molar-refractivity contribution is -0.145. The molecular formula is C20H21NO5. The molecule has 1 aliphatic carbocycles. The van der Waals surface area contributed by atoms with Crippen LogP contribution in [0.4, 0.5) is 0 Å². The Kier molecular flexibility index (Phi) is 4.93. The highest BCUT2D eigenvalue weighted by atomic mass is 16.4. The molecule has 1 aromatic carbocycles. The van der Waals surface area contributed by atoms with Crippen LogP contribution in [0.25, 0.3) is 11.3 Å². The lowest BCUT2D eigenvalue weighted by atomic mass is 9.81. The summed E-state index contributed by atoms with van der Waals surface area (Å²) < 4.78 is 5.61. The molecule has 1 fully saturated rings. The summed E-state index contributed by atoms with van der Waals surface area (Å²) in [5, 5.41) is 12.2. The van der Waals surface area contributed by atoms with Crippen LogP contribution in [0, 0.1) is 0 Å². The van der Waals surface area contributed by atoms with Crippen molar-refractivity contribution < 1.29 is 23.9 Å². The molecule has 1 amide bonds. The van der Waals surface area contributed by atoms with Crippen LogP contribution in [0.5, 0.6) is 0 Å². The SMILES string of the molecule is CC(=O)c1ccc(-c2ccc(C(=O)NC3(C(=O)O)CCCCC3)o2)cc1. The number of ketones is 1. The van der Waals surface area contributed by atoms with E-state index in [9.17, 15) is 19.5 Å². The maximum atomic E-state index is 12.5. The largest absolute Gasteiger partial charge is 0.480 e. The minimum atomic E-state index is -1.22. The van der Waals surface area contributed by atoms with Gasteiger partial charge < -0.3 is 14.8 Å². The molecule has 6 heteroatoms. The van der Waals surface area contributed by atoms with Crippen LogP contribution < -0.4 is 5.32 Å². The fourth-order valence-corrected chi connectivity index (χ4v) is 3.31. The maximum absolute atomic E-state index is 12.5. The third-order valence-corrected chi connectivity index (χ3v) is 4.88. The molecule has 3 rings (SSSR count). The summed E-state index contributed by atoms with van der Waals surface area (Å²) in [6, 6.07) is 10.1. The summed E-state index contributed by atoms with van der Waals surface area (Å²) in [6.45, 7) is 1.49. The van der Waals surface area contributed by atoms with Crippen molar-refractivity contribution in [2.45, 2.75) is 44.6 Å². The van der Waals surface area contributed by atoms with Crippen molar-refractivity contribution in [1.29, 1.82) is 0 Å². The molecule has 0 saturated heterocycles. The molecule has 136 valence electrons. The van der Waals surface area contributed by atoms with Gasteiger partial charge in [0.2, 0.25) is 0 Å². The van der Waals surface area contributed by atoms with Gasteiger partial charge in [-0.2, -0.15) is 0 Å². The minimum absolute atomic E-state index is 0.0255. The normalized spacial score (nSPS) is 16.0. The van der Waals surface area contributed by atoms with E-state index in [1.165, 1.54) is 13.0 Å². The second-order valence-electron chi connectivity index (χ2n) is 6.70. The van der Waals surface area contributed by atoms with Crippen molar-refractivity contribution in [1.82, 2.24) is 5.32 Å². The summed E-state index contributed by atoms with van der Waals surface area (Å²) in [6.07, 6.45) is 3.38. The Hall–Kier alpha value is -2.89. The summed E-state index contributed by atoms with van der Waals surface area (Å²) in [4.78, 5) is 35.5. The number of nitrogens with one attached hydrogen (secondary N) is 1. The predicted molar refractivity (Wildman–Crippen MR) is 95.1 cm³/mol. The Bertz CT molecular complexity index is 828. The standard InChI is InChI=1S/C20H21NO5/c1-13(22)14-5-7-15(8-6-14)16-9-10-17(26-16)18(23)21-20(19(24)25)11-3-2-4-12-20/h5-10H,2-4,11-12H2,1H3,(H,21,23)(H,24,25). The first kappa shape index (κ1) is 17.9. The molecule has 1 saturated carbocycles. The van der Waals surface area contributed by atoms with Crippen LogP contribution >= 0.6 is 0 Å². The lowest BCUT2D eigenvalue weighted by Gasteiger charge is -2.33. The van der Waals surface area contributed by atoms with Gasteiger partial charge in [-0.05, 0) is 31.9 Å². The summed E-state index contributed by atoms with van der Waals surface area (Å²) >= 11 is 0. The van der Waals surface area contributed by atoms with Crippen molar-refractivity contribution >= 4 is 17.7 Å². The number of hydrogen-bond donors (Lipinski definition) is 2. The molecule has 0 aliphatic heterocycles. The van der Waals surface area contributed by atoms with Gasteiger partial charge in [0.25, 0.3) is 5.91 Å². The fourth-order valence-electron chi connectivity index (χ4n) is 3.31. The second-order valence-corrected chi connectivity index (χ2v) is 6.70. The van der Waals surface area contributed by atoms with Crippen LogP contribution in [0.2, 0.25) is 0 Å². The minimum Gasteiger partial charge on any atom is -0.480 e. The number of amides is 1. The summed E-state index contributed by atoms with van der Waals surface area (Å²) in [7, 11) is 0. The van der Waals surface area contributed by atoms with Gasteiger partial charge in [-0.3, -0.25) is 9.59 Å². The van der Waals surface area contributed by atoms with Gasteiger partial charge in [0.15, 0.2) is 11.5 Å². The number of carbonyl (C=O) groups is 3. The first-order chi connectivity index (χ1) is 12.4. The molecule has 0 atom stereocenters. The molecule has 1 aliphatic rings. The van der Waals surface area contributed by atoms with Crippen LogP contribution in [0.3, 0.4) is 0 Å². The summed E-state index contributed by atoms with van der Waals surface area (Å²) in [5.41, 5.74) is 0.115. The highest BCUT2D eigenvalue weighted by molar-refractivity contribution is 5.96. The van der Waals surface area contributed by atoms with Gasteiger partial charge in [-0.15, -0.1) is 0 Å². The Morgan fingerprint density at radius 1 is 1.00 bits per heavy atom. The predicted octanol–water partition coefficient (Wildman–Crippen LogP) is 3.67. The van der Waals surface area contributed by atoms with Crippen molar-refractivity contribution in [2.75, 3.05) is 0 Å². The molecule has 0 spiro atoms. The van der Waals surface area contributed by atoms with Crippen molar-refractivity contribution in [3.05, 3.63) is 47.7 Å². The molecule has 2 aromatic rings. The Labute approximate surface area is 151 Å². The topological polar surface area (TPSA) is 96.6 Å². The van der Waals surface area contributed by atoms with Crippen molar-refractivity contribution in [3.63, 3.8) is 0 Å². The van der Waals surface area contributed by atoms with E-state index in [1.807, 2.05) is 0 Å². The van der Waals surface area contributed by atoms with Gasteiger partial charge in [0.05, 0.1) is 0 Å². The molecular weight excluding hydrogens is 334 g/mol. The number of Topliss-reactive ketones (excluding diaryl/α,β-unsaturated/α-hetero) is 1. The Balaban J connectivity index is 1.77. The number of carboxylic acid groups (broad SMARTS) is 1. The number of benzene rings is 1. The third-order valence-electron chi connectivity index (χ3n) is 4.88. The molecule has 0 unspecified atom stereocenters. The van der Waals surface area contributed by atoms with Gasteiger partial charge in [-0.25, -0.2) is 4.79 Å². The quantitative estimate of drug-likeness (QED) is 0.798. The van der Waals surface area contributed by atoms with E-state index in [2.05, 4.69) is 5.32 Å². The highest BCUT2D eigenvalue weighted by Gasteiger charge is 2.41. The third kappa shape index (κ3) is 3.54. The Morgan fingerprint density at radius 2 is 1.65 bits per heavy atom. The Morgan fingerprint density at radius 3 is 2.23 bits per heavy atom. The molecule has 1 heterocycles. The van der Waals surface area contributed by atoms with E-state index in [-0.39, 0.29) is 11.5 Å². The zero-order chi connectivity index (χ0) is 18.7. The van der Waals surface area contributed by atoms with Crippen LogP contribution in [-0.2, 0) is 4.79 Å². The molecule has 1 aromatic heterocycles. The maximum Gasteiger partial charge on any atom is 0.329 e. The fraction of sp³-hybridized carbons (Fsp3) is 0.350. The molecule has 26 heavy (non-hydrogen) atoms. The van der Waals surface area contributed by atoms with Gasteiger partial charge >= 0.3 is 5.97 Å². The zero-order valence-corrected chi connectivity index (χ0v) is 14.6.